The Kier molecular flexibility index (Phi) is 5.06. The third-order valence-corrected chi connectivity index (χ3v) is 1.46. The van der Waals surface area contributed by atoms with Gasteiger partial charge in [0, 0.05) is 6.54 Å². The molecule has 12 heavy (non-hydrogen) atoms. The fraction of sp³-hybridized carbons (Fsp3) is 0.125. The topological polar surface area (TPSA) is 67.3 Å². The van der Waals surface area contributed by atoms with Crippen molar-refractivity contribution in [1.82, 2.24) is 4.84 Å². The van der Waals surface area contributed by atoms with Crippen molar-refractivity contribution in [3.8, 4) is 6.07 Å². The molecule has 0 aromatic heterocycles. The Bertz CT molecular complexity index is 283. The van der Waals surface area contributed by atoms with Crippen molar-refractivity contribution in [2.75, 3.05) is 0 Å². The highest BCUT2D eigenvalue weighted by Gasteiger charge is 1.92. The molecule has 0 fully saturated rings. The first-order chi connectivity index (χ1) is 5.36. The molecule has 0 radical (unpaired) electrons. The molecule has 0 atom stereocenters. The van der Waals surface area contributed by atoms with Crippen LogP contribution in [0.1, 0.15) is 11.1 Å². The number of halogens is 1. The minimum atomic E-state index is 0. The molecule has 1 aromatic carbocycles. The van der Waals surface area contributed by atoms with Crippen LogP contribution >= 0.6 is 11.8 Å². The van der Waals surface area contributed by atoms with Gasteiger partial charge in [-0.2, -0.15) is 5.26 Å². The molecule has 1 aromatic rings. The van der Waals surface area contributed by atoms with Gasteiger partial charge in [-0.15, -0.1) is 0 Å². The van der Waals surface area contributed by atoms with Crippen molar-refractivity contribution in [2.24, 2.45) is 0 Å². The summed E-state index contributed by atoms with van der Waals surface area (Å²) in [5.74, 6) is 0. The van der Waals surface area contributed by atoms with Crippen LogP contribution in [0.3, 0.4) is 0 Å². The molecule has 0 unspecified atom stereocenters. The van der Waals surface area contributed by atoms with E-state index >= 15 is 0 Å². The first-order valence-electron chi connectivity index (χ1n) is 3.19. The van der Waals surface area contributed by atoms with Crippen LogP contribution in [0.5, 0.6) is 0 Å². The Labute approximate surface area is 76.0 Å². The number of nitriles is 1. The normalized spacial score (nSPS) is 8.33. The SMILES string of the molecule is N#Cc1cccc(CNCl)c1.O. The van der Waals surface area contributed by atoms with Crippen LogP contribution in [0.25, 0.3) is 0 Å². The Balaban J connectivity index is 0.00000121. The molecular formula is C8H9ClN2O. The van der Waals surface area contributed by atoms with E-state index in [0.717, 1.165) is 5.56 Å². The number of hydrogen-bond acceptors (Lipinski definition) is 2. The first-order valence-corrected chi connectivity index (χ1v) is 3.57. The molecule has 0 amide bonds. The summed E-state index contributed by atoms with van der Waals surface area (Å²) in [4.78, 5) is 2.50. The molecule has 4 heteroatoms. The Hall–Kier alpha value is -1.08. The molecule has 64 valence electrons. The summed E-state index contributed by atoms with van der Waals surface area (Å²) in [6.45, 7) is 0.580. The highest BCUT2D eigenvalue weighted by Crippen LogP contribution is 2.03. The Morgan fingerprint density at radius 3 is 2.83 bits per heavy atom. The van der Waals surface area contributed by atoms with Gasteiger partial charge in [0.1, 0.15) is 0 Å². The largest absolute Gasteiger partial charge is 0.412 e. The standard InChI is InChI=1S/C8H7ClN2.H2O/c9-11-6-8-3-1-2-7(4-8)5-10;/h1-4,11H,6H2;1H2. The van der Waals surface area contributed by atoms with E-state index in [1.807, 2.05) is 12.1 Å². The summed E-state index contributed by atoms with van der Waals surface area (Å²) in [6, 6.07) is 9.37. The van der Waals surface area contributed by atoms with Crippen LogP contribution < -0.4 is 4.84 Å². The van der Waals surface area contributed by atoms with Gasteiger partial charge < -0.3 is 5.48 Å². The van der Waals surface area contributed by atoms with Crippen molar-refractivity contribution in [2.45, 2.75) is 6.54 Å². The monoisotopic (exact) mass is 184 g/mol. The quantitative estimate of drug-likeness (QED) is 0.697. The van der Waals surface area contributed by atoms with Crippen molar-refractivity contribution in [3.63, 3.8) is 0 Å². The highest BCUT2D eigenvalue weighted by molar-refractivity contribution is 6.13. The molecule has 1 rings (SSSR count). The third-order valence-electron chi connectivity index (χ3n) is 1.33. The molecule has 3 N–H and O–H groups in total. The molecule has 0 saturated carbocycles. The number of hydrogen-bond donors (Lipinski definition) is 1. The average molecular weight is 185 g/mol. The number of nitrogens with one attached hydrogen (secondary N) is 1. The van der Waals surface area contributed by atoms with E-state index < -0.39 is 0 Å². The maximum Gasteiger partial charge on any atom is 0.0991 e. The molecule has 0 bridgehead atoms. The lowest BCUT2D eigenvalue weighted by Crippen LogP contribution is -1.97. The molecule has 3 nitrogen and oxygen atoms in total. The van der Waals surface area contributed by atoms with E-state index in [9.17, 15) is 0 Å². The van der Waals surface area contributed by atoms with E-state index in [1.54, 1.807) is 12.1 Å². The minimum absolute atomic E-state index is 0. The average Bonchev–Trinajstić information content (AvgIpc) is 2.06. The predicted molar refractivity (Wildman–Crippen MR) is 47.5 cm³/mol. The van der Waals surface area contributed by atoms with Gasteiger partial charge >= 0.3 is 0 Å². The zero-order chi connectivity index (χ0) is 8.10. The third kappa shape index (κ3) is 2.89. The van der Waals surface area contributed by atoms with Crippen molar-refractivity contribution in [3.05, 3.63) is 35.4 Å². The maximum atomic E-state index is 8.53. The van der Waals surface area contributed by atoms with Crippen LogP contribution in [0.15, 0.2) is 24.3 Å². The lowest BCUT2D eigenvalue weighted by molar-refractivity contribution is 0.824. The van der Waals surface area contributed by atoms with Crippen molar-refractivity contribution in [1.29, 1.82) is 5.26 Å². The number of benzene rings is 1. The van der Waals surface area contributed by atoms with E-state index in [2.05, 4.69) is 10.9 Å². The van der Waals surface area contributed by atoms with Gasteiger partial charge in [-0.3, -0.25) is 0 Å². The number of rotatable bonds is 2. The second-order valence-electron chi connectivity index (χ2n) is 2.12. The molecule has 0 spiro atoms. The van der Waals surface area contributed by atoms with Crippen LogP contribution in [-0.4, -0.2) is 5.48 Å². The smallest absolute Gasteiger partial charge is 0.0991 e. The zero-order valence-electron chi connectivity index (χ0n) is 6.34. The minimum Gasteiger partial charge on any atom is -0.412 e. The summed E-state index contributed by atoms with van der Waals surface area (Å²) in [6.07, 6.45) is 0. The van der Waals surface area contributed by atoms with Crippen LogP contribution in [0.2, 0.25) is 0 Å². The van der Waals surface area contributed by atoms with Crippen molar-refractivity contribution < 1.29 is 5.48 Å². The van der Waals surface area contributed by atoms with Crippen LogP contribution in [-0.2, 0) is 6.54 Å². The first kappa shape index (κ1) is 10.9. The molecule has 0 saturated heterocycles. The van der Waals surface area contributed by atoms with E-state index in [4.69, 9.17) is 17.0 Å². The van der Waals surface area contributed by atoms with E-state index in [0.29, 0.717) is 12.1 Å². The molecule has 0 aliphatic heterocycles. The molecular weight excluding hydrogens is 176 g/mol. The summed E-state index contributed by atoms with van der Waals surface area (Å²) >= 11 is 5.30. The maximum absolute atomic E-state index is 8.53. The second kappa shape index (κ2) is 5.56. The summed E-state index contributed by atoms with van der Waals surface area (Å²) < 4.78 is 0. The fourth-order valence-corrected chi connectivity index (χ4v) is 0.982. The second-order valence-corrected chi connectivity index (χ2v) is 2.39. The molecule has 0 aliphatic carbocycles. The lowest BCUT2D eigenvalue weighted by Gasteiger charge is -1.96. The summed E-state index contributed by atoms with van der Waals surface area (Å²) in [5, 5.41) is 8.53. The van der Waals surface area contributed by atoms with E-state index in [1.165, 1.54) is 0 Å². The molecule has 0 heterocycles. The summed E-state index contributed by atoms with van der Waals surface area (Å²) in [5.41, 5.74) is 1.67. The molecule has 0 aliphatic rings. The van der Waals surface area contributed by atoms with Gasteiger partial charge in [-0.25, -0.2) is 4.84 Å². The van der Waals surface area contributed by atoms with Gasteiger partial charge in [0.2, 0.25) is 0 Å². The van der Waals surface area contributed by atoms with Gasteiger partial charge in [0.25, 0.3) is 0 Å². The van der Waals surface area contributed by atoms with E-state index in [-0.39, 0.29) is 5.48 Å². The van der Waals surface area contributed by atoms with Gasteiger partial charge in [0.05, 0.1) is 11.6 Å². The zero-order valence-corrected chi connectivity index (χ0v) is 7.10. The Morgan fingerprint density at radius 2 is 2.25 bits per heavy atom. The van der Waals surface area contributed by atoms with Gasteiger partial charge in [-0.1, -0.05) is 12.1 Å². The van der Waals surface area contributed by atoms with Crippen LogP contribution in [0, 0.1) is 11.3 Å². The fourth-order valence-electron chi connectivity index (χ4n) is 0.828. The van der Waals surface area contributed by atoms with Gasteiger partial charge in [0.15, 0.2) is 0 Å². The van der Waals surface area contributed by atoms with Crippen molar-refractivity contribution >= 4 is 11.8 Å². The van der Waals surface area contributed by atoms with Crippen LogP contribution in [0.4, 0.5) is 0 Å². The lowest BCUT2D eigenvalue weighted by atomic mass is 10.1. The Morgan fingerprint density at radius 1 is 1.50 bits per heavy atom. The van der Waals surface area contributed by atoms with Gasteiger partial charge in [-0.05, 0) is 29.5 Å². The number of nitrogens with zero attached hydrogens (tertiary/aromatic N) is 1. The highest BCUT2D eigenvalue weighted by atomic mass is 35.5. The summed E-state index contributed by atoms with van der Waals surface area (Å²) in [7, 11) is 0. The predicted octanol–water partition coefficient (Wildman–Crippen LogP) is 0.977.